The third-order valence-electron chi connectivity index (χ3n) is 0.0238. The maximum atomic E-state index is 1.97. The fraction of sp³-hybridized carbons (Fsp3) is 0. The van der Waals surface area contributed by atoms with Crippen LogP contribution in [0.3, 0.4) is 0 Å². The van der Waals surface area contributed by atoms with Gasteiger partial charge in [0.05, 0.1) is 0 Å². The summed E-state index contributed by atoms with van der Waals surface area (Å²) < 4.78 is 0. The fourth-order valence-corrected chi connectivity index (χ4v) is 0. The van der Waals surface area contributed by atoms with Crippen LogP contribution < -0.4 is 0 Å². The molecule has 0 amide bonds. The first-order valence-corrected chi connectivity index (χ1v) is 17.6. The van der Waals surface area contributed by atoms with Crippen LogP contribution in [0.4, 0.5) is 0 Å². The van der Waals surface area contributed by atoms with Gasteiger partial charge < -0.3 is 0 Å². The first kappa shape index (κ1) is 11.0. The molecule has 0 aliphatic carbocycles. The summed E-state index contributed by atoms with van der Waals surface area (Å²) in [5.74, 6) is 0. The Hall–Kier alpha value is 3.10. The molecule has 0 bridgehead atoms. The fourth-order valence-electron chi connectivity index (χ4n) is 0. The summed E-state index contributed by atoms with van der Waals surface area (Å²) in [6, 6.07) is 0. The van der Waals surface area contributed by atoms with Gasteiger partial charge in [-0.3, -0.25) is 0 Å². The average molecular weight is 623 g/mol. The predicted molar refractivity (Wildman–Crippen MR) is 11.5 cm³/mol. The van der Waals surface area contributed by atoms with Gasteiger partial charge in [0.25, 0.3) is 0 Å². The van der Waals surface area contributed by atoms with E-state index in [4.69, 9.17) is 0 Å². The molecule has 5 heavy (non-hydrogen) atoms. The van der Waals surface area contributed by atoms with Crippen molar-refractivity contribution in [2.45, 2.75) is 0 Å². The second-order valence-electron chi connectivity index (χ2n) is 0.126. The molecule has 31 valence electrons. The topological polar surface area (TPSA) is 0 Å². The van der Waals surface area contributed by atoms with Crippen molar-refractivity contribution in [3.05, 3.63) is 0 Å². The van der Waals surface area contributed by atoms with Crippen LogP contribution in [0.5, 0.6) is 0 Å². The van der Waals surface area contributed by atoms with E-state index in [-0.39, 0.29) is 22.4 Å². The molecule has 0 nitrogen and oxygen atoms in total. The zero-order valence-corrected chi connectivity index (χ0v) is 13.1. The molecule has 0 fully saturated rings. The van der Waals surface area contributed by atoms with E-state index in [1.54, 1.807) is 0 Å². The normalized spacial score (nSPS) is 6.00. The van der Waals surface area contributed by atoms with Gasteiger partial charge in [-0.05, 0) is 0 Å². The molecule has 0 saturated heterocycles. The van der Waals surface area contributed by atoms with E-state index in [1.165, 1.54) is 0 Å². The second-order valence-corrected chi connectivity index (χ2v) is 27.8. The Morgan fingerprint density at radius 1 is 1.00 bits per heavy atom. The Kier molecular flexibility index (Phi) is 22.3. The molecule has 0 aromatic rings. The zero-order chi connectivity index (χ0) is 3.41. The Labute approximate surface area is 76.3 Å². The van der Waals surface area contributed by atoms with E-state index >= 15 is 0 Å². The van der Waals surface area contributed by atoms with Crippen molar-refractivity contribution >= 4 is 21.2 Å². The summed E-state index contributed by atoms with van der Waals surface area (Å²) in [6.07, 6.45) is 0. The summed E-state index contributed by atoms with van der Waals surface area (Å²) in [4.78, 5) is 0. The van der Waals surface area contributed by atoms with Gasteiger partial charge in [-0.2, -0.15) is 0 Å². The molecule has 0 aliphatic rings. The molecule has 0 aromatic heterocycles. The molecule has 0 rings (SSSR count). The van der Waals surface area contributed by atoms with Crippen molar-refractivity contribution in [2.24, 2.45) is 0 Å². The van der Waals surface area contributed by atoms with E-state index < -0.39 is 0 Å². The molecule has 5 heteroatoms. The van der Waals surface area contributed by atoms with Crippen molar-refractivity contribution in [1.82, 2.24) is 0 Å². The average Bonchev–Trinajstić information content (AvgIpc) is 1.37. The molecule has 0 atom stereocenters. The van der Waals surface area contributed by atoms with Crippen molar-refractivity contribution < 1.29 is 56.7 Å². The van der Waals surface area contributed by atoms with Crippen LogP contribution in [0, 0.1) is 0 Å². The summed E-state index contributed by atoms with van der Waals surface area (Å²) in [5.41, 5.74) is 0. The number of hydrogen-bond acceptors (Lipinski definition) is 0. The summed E-state index contributed by atoms with van der Waals surface area (Å²) in [7, 11) is 2.12. The maximum absolute atomic E-state index is 1.97. The minimum absolute atomic E-state index is 0. The van der Waals surface area contributed by atoms with E-state index in [2.05, 4.69) is 0 Å². The van der Waals surface area contributed by atoms with Gasteiger partial charge in [-0.1, -0.05) is 0 Å². The van der Waals surface area contributed by atoms with Gasteiger partial charge in [0.1, 0.15) is 0 Å². The van der Waals surface area contributed by atoms with Gasteiger partial charge in [-0.15, -0.1) is 0 Å². The van der Waals surface area contributed by atoms with Crippen molar-refractivity contribution in [1.29, 1.82) is 0 Å². The molecule has 0 N–H and O–H groups in total. The molecular formula is NbRe2Se2. The summed E-state index contributed by atoms with van der Waals surface area (Å²) in [6.45, 7) is 0. The summed E-state index contributed by atoms with van der Waals surface area (Å²) in [5, 5.41) is 0. The molecule has 0 saturated carbocycles. The van der Waals surface area contributed by atoms with Crippen molar-refractivity contribution in [3.8, 4) is 0 Å². The third-order valence-corrected chi connectivity index (χ3v) is 43.1. The monoisotopic (exact) mass is 627 g/mol. The molecule has 0 spiro atoms. The molecular weight excluding hydrogens is 623 g/mol. The molecule has 1 radical (unpaired) electrons. The van der Waals surface area contributed by atoms with E-state index in [1.807, 2.05) is 34.3 Å². The Bertz CT molecular complexity index is 9.61. The van der Waals surface area contributed by atoms with E-state index in [9.17, 15) is 0 Å². The number of rotatable bonds is 1. The van der Waals surface area contributed by atoms with Crippen LogP contribution in [0.2, 0.25) is 0 Å². The predicted octanol–water partition coefficient (Wildman–Crippen LogP) is -0.769. The second kappa shape index (κ2) is 10.2. The van der Waals surface area contributed by atoms with Crippen LogP contribution >= 0.6 is 0 Å². The Balaban J connectivity index is 0. The van der Waals surface area contributed by atoms with Crippen LogP contribution in [-0.2, 0) is 56.7 Å². The zero-order valence-electron chi connectivity index (χ0n) is 2.02. The third kappa shape index (κ3) is 11.0. The van der Waals surface area contributed by atoms with Crippen LogP contribution in [0.1, 0.15) is 0 Å². The Morgan fingerprint density at radius 2 is 1.20 bits per heavy atom. The Morgan fingerprint density at radius 3 is 1.20 bits per heavy atom. The van der Waals surface area contributed by atoms with Crippen LogP contribution in [-0.4, -0.2) is 21.2 Å². The molecule has 0 heterocycles. The molecule has 0 unspecified atom stereocenters. The van der Waals surface area contributed by atoms with E-state index in [0.29, 0.717) is 0 Å². The van der Waals surface area contributed by atoms with Gasteiger partial charge in [0.15, 0.2) is 0 Å². The van der Waals surface area contributed by atoms with Gasteiger partial charge in [-0.25, -0.2) is 0 Å². The quantitative estimate of drug-likeness (QED) is 0.337. The summed E-state index contributed by atoms with van der Waals surface area (Å²) >= 11 is 3.94. The van der Waals surface area contributed by atoms with Gasteiger partial charge in [0, 0.05) is 22.4 Å². The van der Waals surface area contributed by atoms with Crippen molar-refractivity contribution in [2.75, 3.05) is 0 Å². The standard InChI is InChI=1S/Nb.2Re.Se2/c;;;1-2/q;2*+1;-2. The number of hydrogen-bond donors (Lipinski definition) is 0. The van der Waals surface area contributed by atoms with Crippen molar-refractivity contribution in [3.63, 3.8) is 0 Å². The first-order chi connectivity index (χ1) is 1.91. The molecule has 0 aromatic carbocycles. The minimum atomic E-state index is 0. The molecule has 0 aliphatic heterocycles. The van der Waals surface area contributed by atoms with Gasteiger partial charge in [0.2, 0.25) is 0 Å². The van der Waals surface area contributed by atoms with Crippen LogP contribution in [0.15, 0.2) is 0 Å². The van der Waals surface area contributed by atoms with Gasteiger partial charge >= 0.3 is 55.6 Å². The van der Waals surface area contributed by atoms with E-state index in [0.717, 1.165) is 21.2 Å². The first-order valence-electron chi connectivity index (χ1n) is 0.475. The SMILES string of the molecule is [Nb].[Re][Se][Se][Re]. The van der Waals surface area contributed by atoms with Crippen LogP contribution in [0.25, 0.3) is 0 Å².